The number of fused-ring (bicyclic) bond motifs is 1. The van der Waals surface area contributed by atoms with Crippen LogP contribution >= 0.6 is 0 Å². The van der Waals surface area contributed by atoms with Crippen molar-refractivity contribution in [2.24, 2.45) is 0 Å². The number of likely N-dealkylation sites (tertiary alicyclic amines) is 1. The molecular formula is C13H14N2O2. The zero-order chi connectivity index (χ0) is 11.8. The molecule has 2 aromatic rings. The van der Waals surface area contributed by atoms with Crippen molar-refractivity contribution in [3.05, 3.63) is 36.0 Å². The van der Waals surface area contributed by atoms with Gasteiger partial charge in [0.15, 0.2) is 0 Å². The summed E-state index contributed by atoms with van der Waals surface area (Å²) in [4.78, 5) is 17.0. The van der Waals surface area contributed by atoms with Crippen LogP contribution in [0.25, 0.3) is 10.9 Å². The lowest BCUT2D eigenvalue weighted by molar-refractivity contribution is 0.0765. The maximum absolute atomic E-state index is 12.2. The number of aliphatic hydroxyl groups is 1. The van der Waals surface area contributed by atoms with Gasteiger partial charge in [0, 0.05) is 30.4 Å². The molecule has 1 fully saturated rings. The van der Waals surface area contributed by atoms with E-state index in [4.69, 9.17) is 0 Å². The van der Waals surface area contributed by atoms with Gasteiger partial charge < -0.3 is 15.0 Å². The second-order valence-corrected chi connectivity index (χ2v) is 4.47. The lowest BCUT2D eigenvalue weighted by Gasteiger charge is -2.15. The predicted molar refractivity (Wildman–Crippen MR) is 64.8 cm³/mol. The molecule has 2 N–H and O–H groups in total. The molecule has 0 bridgehead atoms. The van der Waals surface area contributed by atoms with Crippen LogP contribution in [0.2, 0.25) is 0 Å². The third-order valence-electron chi connectivity index (χ3n) is 3.25. The summed E-state index contributed by atoms with van der Waals surface area (Å²) in [5, 5.41) is 10.5. The average Bonchev–Trinajstić information content (AvgIpc) is 2.95. The van der Waals surface area contributed by atoms with Gasteiger partial charge in [0.1, 0.15) is 0 Å². The minimum absolute atomic E-state index is 0.00181. The molecule has 1 aromatic heterocycles. The molecule has 1 aliphatic heterocycles. The van der Waals surface area contributed by atoms with Crippen LogP contribution in [0.15, 0.2) is 30.5 Å². The highest BCUT2D eigenvalue weighted by Crippen LogP contribution is 2.18. The zero-order valence-corrected chi connectivity index (χ0v) is 9.39. The van der Waals surface area contributed by atoms with Gasteiger partial charge in [-0.25, -0.2) is 0 Å². The summed E-state index contributed by atoms with van der Waals surface area (Å²) in [6, 6.07) is 7.61. The number of carbonyl (C=O) groups is 1. The Balaban J connectivity index is 1.89. The van der Waals surface area contributed by atoms with E-state index in [1.165, 1.54) is 0 Å². The van der Waals surface area contributed by atoms with Gasteiger partial charge in [-0.2, -0.15) is 0 Å². The summed E-state index contributed by atoms with van der Waals surface area (Å²) in [5.74, 6) is -0.00181. The van der Waals surface area contributed by atoms with Gasteiger partial charge in [-0.15, -0.1) is 0 Å². The predicted octanol–water partition coefficient (Wildman–Crippen LogP) is 1.37. The summed E-state index contributed by atoms with van der Waals surface area (Å²) in [5.41, 5.74) is 1.64. The van der Waals surface area contributed by atoms with Crippen molar-refractivity contribution in [2.75, 3.05) is 13.1 Å². The zero-order valence-electron chi connectivity index (χ0n) is 9.39. The second kappa shape index (κ2) is 3.89. The molecule has 0 unspecified atom stereocenters. The largest absolute Gasteiger partial charge is 0.391 e. The number of rotatable bonds is 1. The van der Waals surface area contributed by atoms with E-state index in [1.54, 1.807) is 4.90 Å². The van der Waals surface area contributed by atoms with Crippen molar-refractivity contribution in [1.29, 1.82) is 0 Å². The summed E-state index contributed by atoms with van der Waals surface area (Å²) >= 11 is 0. The number of aromatic amines is 1. The number of amides is 1. The Labute approximate surface area is 98.9 Å². The molecule has 1 amide bonds. The second-order valence-electron chi connectivity index (χ2n) is 4.47. The third-order valence-corrected chi connectivity index (χ3v) is 3.25. The summed E-state index contributed by atoms with van der Waals surface area (Å²) in [7, 11) is 0. The molecular weight excluding hydrogens is 216 g/mol. The minimum atomic E-state index is -0.367. The average molecular weight is 230 g/mol. The summed E-state index contributed by atoms with van der Waals surface area (Å²) in [6.07, 6.45) is 2.17. The maximum atomic E-state index is 12.2. The lowest BCUT2D eigenvalue weighted by atomic mass is 10.1. The molecule has 17 heavy (non-hydrogen) atoms. The Morgan fingerprint density at radius 2 is 2.29 bits per heavy atom. The number of H-pyrrole nitrogens is 1. The number of hydrogen-bond acceptors (Lipinski definition) is 2. The molecule has 1 atom stereocenters. The molecule has 0 radical (unpaired) electrons. The standard InChI is InChI=1S/C13H14N2O2/c16-11-4-6-15(8-11)13(17)10-2-1-9-3-5-14-12(9)7-10/h1-3,5,7,11,14,16H,4,6,8H2/t11-/m0/s1. The van der Waals surface area contributed by atoms with Gasteiger partial charge in [-0.3, -0.25) is 4.79 Å². The van der Waals surface area contributed by atoms with Gasteiger partial charge in [0.05, 0.1) is 6.10 Å². The van der Waals surface area contributed by atoms with E-state index in [0.29, 0.717) is 25.1 Å². The summed E-state index contributed by atoms with van der Waals surface area (Å²) in [6.45, 7) is 1.09. The van der Waals surface area contributed by atoms with Crippen LogP contribution in [0.5, 0.6) is 0 Å². The van der Waals surface area contributed by atoms with Crippen molar-refractivity contribution in [2.45, 2.75) is 12.5 Å². The van der Waals surface area contributed by atoms with E-state index in [-0.39, 0.29) is 12.0 Å². The molecule has 0 aliphatic carbocycles. The van der Waals surface area contributed by atoms with Gasteiger partial charge in [-0.1, -0.05) is 6.07 Å². The Morgan fingerprint density at radius 3 is 3.06 bits per heavy atom. The van der Waals surface area contributed by atoms with E-state index in [1.807, 2.05) is 30.5 Å². The fraction of sp³-hybridized carbons (Fsp3) is 0.308. The fourth-order valence-corrected chi connectivity index (χ4v) is 2.29. The molecule has 1 aromatic carbocycles. The Morgan fingerprint density at radius 1 is 1.41 bits per heavy atom. The number of benzene rings is 1. The van der Waals surface area contributed by atoms with E-state index in [9.17, 15) is 9.90 Å². The molecule has 88 valence electrons. The number of β-amino-alcohol motifs (C(OH)–C–C–N with tert-alkyl or cyclic N) is 1. The lowest BCUT2D eigenvalue weighted by Crippen LogP contribution is -2.29. The smallest absolute Gasteiger partial charge is 0.254 e. The fourth-order valence-electron chi connectivity index (χ4n) is 2.29. The van der Waals surface area contributed by atoms with Gasteiger partial charge >= 0.3 is 0 Å². The van der Waals surface area contributed by atoms with Gasteiger partial charge in [0.2, 0.25) is 0 Å². The van der Waals surface area contributed by atoms with E-state index in [0.717, 1.165) is 10.9 Å². The first-order valence-corrected chi connectivity index (χ1v) is 5.78. The Hall–Kier alpha value is -1.81. The topological polar surface area (TPSA) is 56.3 Å². The molecule has 1 aliphatic rings. The highest BCUT2D eigenvalue weighted by atomic mass is 16.3. The van der Waals surface area contributed by atoms with Crippen LogP contribution in [-0.2, 0) is 0 Å². The highest BCUT2D eigenvalue weighted by Gasteiger charge is 2.25. The monoisotopic (exact) mass is 230 g/mol. The molecule has 3 rings (SSSR count). The van der Waals surface area contributed by atoms with Gasteiger partial charge in [-0.05, 0) is 30.0 Å². The number of aromatic nitrogens is 1. The molecule has 2 heterocycles. The Bertz CT molecular complexity index is 561. The molecule has 4 heteroatoms. The van der Waals surface area contributed by atoms with Crippen LogP contribution in [0.3, 0.4) is 0 Å². The van der Waals surface area contributed by atoms with Crippen molar-refractivity contribution in [3.8, 4) is 0 Å². The first-order chi connectivity index (χ1) is 8.24. The van der Waals surface area contributed by atoms with Crippen LogP contribution in [0.4, 0.5) is 0 Å². The first-order valence-electron chi connectivity index (χ1n) is 5.78. The maximum Gasteiger partial charge on any atom is 0.254 e. The van der Waals surface area contributed by atoms with Crippen molar-refractivity contribution >= 4 is 16.8 Å². The highest BCUT2D eigenvalue weighted by molar-refractivity contribution is 5.98. The SMILES string of the molecule is O=C(c1ccc2cc[nH]c2c1)N1CC[C@H](O)C1. The molecule has 4 nitrogen and oxygen atoms in total. The van der Waals surface area contributed by atoms with Crippen LogP contribution in [0, 0.1) is 0 Å². The number of nitrogens with one attached hydrogen (secondary N) is 1. The van der Waals surface area contributed by atoms with Crippen LogP contribution < -0.4 is 0 Å². The summed E-state index contributed by atoms with van der Waals surface area (Å²) < 4.78 is 0. The third kappa shape index (κ3) is 1.80. The minimum Gasteiger partial charge on any atom is -0.391 e. The van der Waals surface area contributed by atoms with Crippen molar-refractivity contribution in [3.63, 3.8) is 0 Å². The quantitative estimate of drug-likeness (QED) is 0.777. The molecule has 0 saturated carbocycles. The van der Waals surface area contributed by atoms with Crippen LogP contribution in [0.1, 0.15) is 16.8 Å². The van der Waals surface area contributed by atoms with E-state index >= 15 is 0 Å². The number of carbonyl (C=O) groups excluding carboxylic acids is 1. The van der Waals surface area contributed by atoms with Gasteiger partial charge in [0.25, 0.3) is 5.91 Å². The van der Waals surface area contributed by atoms with Crippen LogP contribution in [-0.4, -0.2) is 40.1 Å². The first kappa shape index (κ1) is 10.4. The molecule has 0 spiro atoms. The molecule has 1 saturated heterocycles. The van der Waals surface area contributed by atoms with Crippen molar-refractivity contribution < 1.29 is 9.90 Å². The Kier molecular flexibility index (Phi) is 2.37. The van der Waals surface area contributed by atoms with Crippen molar-refractivity contribution in [1.82, 2.24) is 9.88 Å². The van der Waals surface area contributed by atoms with E-state index < -0.39 is 0 Å². The number of nitrogens with zero attached hydrogens (tertiary/aromatic N) is 1. The van der Waals surface area contributed by atoms with E-state index in [2.05, 4.69) is 4.98 Å². The normalized spacial score (nSPS) is 20.1. The number of aliphatic hydroxyl groups excluding tert-OH is 1. The number of hydrogen-bond donors (Lipinski definition) is 2.